The molecule has 0 aliphatic heterocycles. The van der Waals surface area contributed by atoms with Crippen LogP contribution in [0.3, 0.4) is 0 Å². The van der Waals surface area contributed by atoms with E-state index in [9.17, 15) is 14.4 Å². The fourth-order valence-electron chi connectivity index (χ4n) is 3.16. The Hall–Kier alpha value is -3.12. The maximum Gasteiger partial charge on any atom is 0.336 e. The summed E-state index contributed by atoms with van der Waals surface area (Å²) in [5, 5.41) is -0.322. The van der Waals surface area contributed by atoms with E-state index in [-0.39, 0.29) is 36.2 Å². The smallest absolute Gasteiger partial charge is 0.336 e. The molecule has 1 aromatic heterocycles. The highest BCUT2D eigenvalue weighted by Crippen LogP contribution is 2.31. The Kier molecular flexibility index (Phi) is 7.13. The Morgan fingerprint density at radius 2 is 1.81 bits per heavy atom. The van der Waals surface area contributed by atoms with Crippen molar-refractivity contribution in [3.05, 3.63) is 75.6 Å². The summed E-state index contributed by atoms with van der Waals surface area (Å²) in [7, 11) is 0. The minimum atomic E-state index is -1.01. The summed E-state index contributed by atoms with van der Waals surface area (Å²) in [6.07, 6.45) is 0.161. The van der Waals surface area contributed by atoms with Crippen LogP contribution < -0.4 is 10.4 Å². The van der Waals surface area contributed by atoms with Gasteiger partial charge in [-0.05, 0) is 49.9 Å². The molecule has 7 heteroatoms. The fraction of sp³-hybridized carbons (Fsp3) is 0.292. The van der Waals surface area contributed by atoms with Crippen LogP contribution in [0.15, 0.2) is 57.7 Å². The molecule has 6 nitrogen and oxygen atoms in total. The van der Waals surface area contributed by atoms with Gasteiger partial charge >= 0.3 is 17.6 Å². The van der Waals surface area contributed by atoms with Gasteiger partial charge < -0.3 is 13.9 Å². The molecule has 1 atom stereocenters. The first-order valence-corrected chi connectivity index (χ1v) is 10.4. The molecule has 0 aliphatic rings. The van der Waals surface area contributed by atoms with Gasteiger partial charge in [-0.3, -0.25) is 4.79 Å². The van der Waals surface area contributed by atoms with Crippen molar-refractivity contribution < 1.29 is 23.5 Å². The molecule has 1 unspecified atom stereocenters. The molecule has 0 radical (unpaired) electrons. The molecule has 0 spiro atoms. The Balaban J connectivity index is 1.93. The van der Waals surface area contributed by atoms with Crippen molar-refractivity contribution >= 4 is 34.5 Å². The molecule has 0 bridgehead atoms. The summed E-state index contributed by atoms with van der Waals surface area (Å²) in [5.41, 5.74) is 1.70. The van der Waals surface area contributed by atoms with Gasteiger partial charge in [0, 0.05) is 23.9 Å². The van der Waals surface area contributed by atoms with Gasteiger partial charge in [0.1, 0.15) is 11.3 Å². The second-order valence-electron chi connectivity index (χ2n) is 7.44. The molecule has 0 fully saturated rings. The SMILES string of the molecule is Cc1cc(=O)oc2cc(OC(=O)C(Cl)c3ccccc3)c(CCC(=O)OC(C)C)cc12. The zero-order valence-corrected chi connectivity index (χ0v) is 18.3. The summed E-state index contributed by atoms with van der Waals surface area (Å²) < 4.78 is 16.0. The highest BCUT2D eigenvalue weighted by Gasteiger charge is 2.22. The number of fused-ring (bicyclic) bond motifs is 1. The number of ether oxygens (including phenoxy) is 2. The molecule has 162 valence electrons. The third kappa shape index (κ3) is 5.73. The van der Waals surface area contributed by atoms with Gasteiger partial charge in [-0.2, -0.15) is 0 Å². The summed E-state index contributed by atoms with van der Waals surface area (Å²) in [6.45, 7) is 5.33. The first kappa shape index (κ1) is 22.6. The maximum absolute atomic E-state index is 12.7. The molecule has 3 aromatic rings. The van der Waals surface area contributed by atoms with E-state index in [0.29, 0.717) is 16.5 Å². The lowest BCUT2D eigenvalue weighted by Gasteiger charge is -2.15. The first-order valence-electron chi connectivity index (χ1n) is 9.92. The van der Waals surface area contributed by atoms with Gasteiger partial charge in [-0.25, -0.2) is 9.59 Å². The molecule has 0 amide bonds. The lowest BCUT2D eigenvalue weighted by molar-refractivity contribution is -0.147. The third-order valence-corrected chi connectivity index (χ3v) is 5.04. The minimum Gasteiger partial charge on any atom is -0.463 e. The lowest BCUT2D eigenvalue weighted by atomic mass is 10.0. The van der Waals surface area contributed by atoms with E-state index in [4.69, 9.17) is 25.5 Å². The maximum atomic E-state index is 12.7. The number of aryl methyl sites for hydroxylation is 2. The van der Waals surface area contributed by atoms with Crippen LogP contribution >= 0.6 is 11.6 Å². The van der Waals surface area contributed by atoms with E-state index in [0.717, 1.165) is 5.56 Å². The molecular formula is C24H23ClO6. The van der Waals surface area contributed by atoms with Crippen LogP contribution in [-0.4, -0.2) is 18.0 Å². The van der Waals surface area contributed by atoms with Crippen LogP contribution in [0.4, 0.5) is 0 Å². The third-order valence-electron chi connectivity index (χ3n) is 4.61. The highest BCUT2D eigenvalue weighted by molar-refractivity contribution is 6.30. The Morgan fingerprint density at radius 3 is 2.48 bits per heavy atom. The molecule has 0 aliphatic carbocycles. The molecule has 2 aromatic carbocycles. The Labute approximate surface area is 184 Å². The Bertz CT molecular complexity index is 1150. The second-order valence-corrected chi connectivity index (χ2v) is 7.87. The number of benzene rings is 2. The molecule has 0 saturated carbocycles. The van der Waals surface area contributed by atoms with Gasteiger partial charge in [-0.15, -0.1) is 11.6 Å². The van der Waals surface area contributed by atoms with E-state index in [2.05, 4.69) is 0 Å². The lowest BCUT2D eigenvalue weighted by Crippen LogP contribution is -2.16. The molecular weight excluding hydrogens is 420 g/mol. The normalized spacial score (nSPS) is 12.0. The molecule has 3 rings (SSSR count). The molecule has 0 saturated heterocycles. The van der Waals surface area contributed by atoms with E-state index in [1.54, 1.807) is 51.1 Å². The number of hydrogen-bond donors (Lipinski definition) is 0. The number of carbonyl (C=O) groups excluding carboxylic acids is 2. The van der Waals surface area contributed by atoms with E-state index in [1.165, 1.54) is 12.1 Å². The second kappa shape index (κ2) is 9.79. The van der Waals surface area contributed by atoms with Crippen molar-refractivity contribution in [3.63, 3.8) is 0 Å². The summed E-state index contributed by atoms with van der Waals surface area (Å²) in [4.78, 5) is 36.5. The minimum absolute atomic E-state index is 0.104. The fourth-order valence-corrected chi connectivity index (χ4v) is 3.35. The van der Waals surface area contributed by atoms with Crippen molar-refractivity contribution in [2.75, 3.05) is 0 Å². The van der Waals surface area contributed by atoms with E-state index < -0.39 is 17.0 Å². The number of rotatable bonds is 7. The number of hydrogen-bond acceptors (Lipinski definition) is 6. The predicted molar refractivity (Wildman–Crippen MR) is 117 cm³/mol. The number of carbonyl (C=O) groups is 2. The summed E-state index contributed by atoms with van der Waals surface area (Å²) in [6, 6.07) is 13.4. The number of alkyl halides is 1. The zero-order chi connectivity index (χ0) is 22.5. The van der Waals surface area contributed by atoms with Crippen molar-refractivity contribution in [2.45, 2.75) is 45.1 Å². The molecule has 1 heterocycles. The Morgan fingerprint density at radius 1 is 1.10 bits per heavy atom. The summed E-state index contributed by atoms with van der Waals surface area (Å²) in [5.74, 6) is -0.846. The van der Waals surface area contributed by atoms with E-state index in [1.807, 2.05) is 6.07 Å². The predicted octanol–water partition coefficient (Wildman–Crippen LogP) is 4.87. The van der Waals surface area contributed by atoms with E-state index >= 15 is 0 Å². The number of esters is 2. The van der Waals surface area contributed by atoms with Crippen molar-refractivity contribution in [3.8, 4) is 5.75 Å². The van der Waals surface area contributed by atoms with Crippen LogP contribution in [-0.2, 0) is 20.7 Å². The average molecular weight is 443 g/mol. The van der Waals surface area contributed by atoms with Crippen LogP contribution in [0.2, 0.25) is 0 Å². The van der Waals surface area contributed by atoms with Gasteiger partial charge in [0.25, 0.3) is 0 Å². The van der Waals surface area contributed by atoms with Crippen molar-refractivity contribution in [1.82, 2.24) is 0 Å². The first-order chi connectivity index (χ1) is 14.7. The van der Waals surface area contributed by atoms with Crippen LogP contribution in [0, 0.1) is 6.92 Å². The van der Waals surface area contributed by atoms with Crippen molar-refractivity contribution in [2.24, 2.45) is 0 Å². The zero-order valence-electron chi connectivity index (χ0n) is 17.5. The van der Waals surface area contributed by atoms with Crippen LogP contribution in [0.5, 0.6) is 5.75 Å². The molecule has 31 heavy (non-hydrogen) atoms. The van der Waals surface area contributed by atoms with Crippen molar-refractivity contribution in [1.29, 1.82) is 0 Å². The van der Waals surface area contributed by atoms with Gasteiger partial charge in [0.15, 0.2) is 5.38 Å². The standard InChI is InChI=1S/C24H23ClO6/c1-14(2)29-21(26)10-9-17-12-18-15(3)11-22(27)30-20(18)13-19(17)31-24(28)23(25)16-7-5-4-6-8-16/h4-8,11-14,23H,9-10H2,1-3H3. The van der Waals surface area contributed by atoms with Gasteiger partial charge in [0.05, 0.1) is 6.10 Å². The van der Waals surface area contributed by atoms with Gasteiger partial charge in [-0.1, -0.05) is 30.3 Å². The van der Waals surface area contributed by atoms with Gasteiger partial charge in [0.2, 0.25) is 0 Å². The largest absolute Gasteiger partial charge is 0.463 e. The quantitative estimate of drug-likeness (QED) is 0.224. The summed E-state index contributed by atoms with van der Waals surface area (Å²) >= 11 is 6.29. The monoisotopic (exact) mass is 442 g/mol. The molecule has 0 N–H and O–H groups in total. The van der Waals surface area contributed by atoms with Crippen LogP contribution in [0.25, 0.3) is 11.0 Å². The highest BCUT2D eigenvalue weighted by atomic mass is 35.5. The topological polar surface area (TPSA) is 82.8 Å². The average Bonchev–Trinajstić information content (AvgIpc) is 2.71. The number of halogens is 1. The van der Waals surface area contributed by atoms with Crippen LogP contribution in [0.1, 0.15) is 42.3 Å².